The van der Waals surface area contributed by atoms with Gasteiger partial charge in [0.1, 0.15) is 4.88 Å². The number of aromatic nitrogens is 1. The van der Waals surface area contributed by atoms with E-state index in [1.54, 1.807) is 17.8 Å². The molecule has 0 amide bonds. The fraction of sp³-hybridized carbons (Fsp3) is 0.231. The zero-order valence-corrected chi connectivity index (χ0v) is 10.8. The first-order valence-electron chi connectivity index (χ1n) is 5.68. The quantitative estimate of drug-likeness (QED) is 0.869. The lowest BCUT2D eigenvalue weighted by Crippen LogP contribution is -2.23. The third-order valence-electron chi connectivity index (χ3n) is 2.63. The number of nitrogens with one attached hydrogen (secondary N) is 1. The SMILES string of the molecule is CCNC(c1cccnc1)c1ccsc1C(=O)O. The van der Waals surface area contributed by atoms with Crippen molar-refractivity contribution in [3.63, 3.8) is 0 Å². The number of pyridine rings is 1. The molecule has 1 unspecified atom stereocenters. The Morgan fingerprint density at radius 3 is 3.00 bits per heavy atom. The molecule has 2 N–H and O–H groups in total. The van der Waals surface area contributed by atoms with Gasteiger partial charge in [0.05, 0.1) is 6.04 Å². The second kappa shape index (κ2) is 5.75. The number of hydrogen-bond donors (Lipinski definition) is 2. The van der Waals surface area contributed by atoms with Crippen molar-refractivity contribution in [1.82, 2.24) is 10.3 Å². The second-order valence-corrected chi connectivity index (χ2v) is 4.70. The van der Waals surface area contributed by atoms with Crippen LogP contribution in [0, 0.1) is 0 Å². The average molecular weight is 262 g/mol. The van der Waals surface area contributed by atoms with E-state index < -0.39 is 5.97 Å². The molecule has 2 aromatic rings. The van der Waals surface area contributed by atoms with Crippen molar-refractivity contribution in [1.29, 1.82) is 0 Å². The lowest BCUT2D eigenvalue weighted by Gasteiger charge is -2.18. The van der Waals surface area contributed by atoms with Crippen LogP contribution in [0.4, 0.5) is 0 Å². The minimum absolute atomic E-state index is 0.124. The summed E-state index contributed by atoms with van der Waals surface area (Å²) in [6.07, 6.45) is 3.47. The molecule has 0 aliphatic heterocycles. The molecule has 2 aromatic heterocycles. The molecule has 0 saturated carbocycles. The van der Waals surface area contributed by atoms with Crippen LogP contribution < -0.4 is 5.32 Å². The van der Waals surface area contributed by atoms with E-state index in [4.69, 9.17) is 0 Å². The van der Waals surface area contributed by atoms with Gasteiger partial charge in [-0.15, -0.1) is 11.3 Å². The standard InChI is InChI=1S/C13H14N2O2S/c1-2-15-11(9-4-3-6-14-8-9)10-5-7-18-12(10)13(16)17/h3-8,11,15H,2H2,1H3,(H,16,17). The van der Waals surface area contributed by atoms with E-state index in [-0.39, 0.29) is 6.04 Å². The third-order valence-corrected chi connectivity index (χ3v) is 3.55. The highest BCUT2D eigenvalue weighted by atomic mass is 32.1. The third kappa shape index (κ3) is 2.57. The van der Waals surface area contributed by atoms with E-state index in [1.165, 1.54) is 11.3 Å². The number of nitrogens with zero attached hydrogens (tertiary/aromatic N) is 1. The van der Waals surface area contributed by atoms with E-state index in [9.17, 15) is 9.90 Å². The van der Waals surface area contributed by atoms with Gasteiger partial charge in [-0.1, -0.05) is 13.0 Å². The fourth-order valence-electron chi connectivity index (χ4n) is 1.88. The van der Waals surface area contributed by atoms with Gasteiger partial charge in [0.25, 0.3) is 0 Å². The Balaban J connectivity index is 2.42. The second-order valence-electron chi connectivity index (χ2n) is 3.79. The summed E-state index contributed by atoms with van der Waals surface area (Å²) in [5.41, 5.74) is 1.77. The summed E-state index contributed by atoms with van der Waals surface area (Å²) in [6.45, 7) is 2.75. The molecule has 0 fully saturated rings. The van der Waals surface area contributed by atoms with Crippen molar-refractivity contribution in [3.8, 4) is 0 Å². The Bertz CT molecular complexity index is 525. The van der Waals surface area contributed by atoms with Gasteiger partial charge >= 0.3 is 5.97 Å². The maximum atomic E-state index is 11.2. The molecule has 0 bridgehead atoms. The van der Waals surface area contributed by atoms with Crippen LogP contribution in [0.25, 0.3) is 0 Å². The molecule has 2 heterocycles. The molecule has 0 aliphatic carbocycles. The summed E-state index contributed by atoms with van der Waals surface area (Å²) >= 11 is 1.25. The average Bonchev–Trinajstić information content (AvgIpc) is 2.86. The first-order chi connectivity index (χ1) is 8.74. The van der Waals surface area contributed by atoms with E-state index in [2.05, 4.69) is 10.3 Å². The highest BCUT2D eigenvalue weighted by Crippen LogP contribution is 2.28. The fourth-order valence-corrected chi connectivity index (χ4v) is 2.65. The first kappa shape index (κ1) is 12.7. The molecular weight excluding hydrogens is 248 g/mol. The number of hydrogen-bond acceptors (Lipinski definition) is 4. The summed E-state index contributed by atoms with van der Waals surface area (Å²) in [4.78, 5) is 15.7. The Labute approximate surface area is 109 Å². The van der Waals surface area contributed by atoms with Crippen LogP contribution in [0.1, 0.15) is 33.8 Å². The van der Waals surface area contributed by atoms with Crippen LogP contribution in [0.2, 0.25) is 0 Å². The van der Waals surface area contributed by atoms with E-state index in [1.807, 2.05) is 25.1 Å². The topological polar surface area (TPSA) is 62.2 Å². The first-order valence-corrected chi connectivity index (χ1v) is 6.56. The Hall–Kier alpha value is -1.72. The Morgan fingerprint density at radius 2 is 2.39 bits per heavy atom. The zero-order chi connectivity index (χ0) is 13.0. The molecule has 5 heteroatoms. The van der Waals surface area contributed by atoms with Crippen LogP contribution in [-0.2, 0) is 0 Å². The number of carboxylic acid groups (broad SMARTS) is 1. The monoisotopic (exact) mass is 262 g/mol. The number of thiophene rings is 1. The van der Waals surface area contributed by atoms with Crippen LogP contribution in [-0.4, -0.2) is 22.6 Å². The lowest BCUT2D eigenvalue weighted by molar-refractivity contribution is 0.0700. The zero-order valence-electron chi connectivity index (χ0n) is 9.96. The van der Waals surface area contributed by atoms with Gasteiger partial charge in [0.15, 0.2) is 0 Å². The predicted octanol–water partition coefficient (Wildman–Crippen LogP) is 2.54. The van der Waals surface area contributed by atoms with Crippen molar-refractivity contribution in [3.05, 3.63) is 52.0 Å². The molecule has 18 heavy (non-hydrogen) atoms. The van der Waals surface area contributed by atoms with Crippen molar-refractivity contribution in [2.24, 2.45) is 0 Å². The number of carbonyl (C=O) groups is 1. The summed E-state index contributed by atoms with van der Waals surface area (Å²) < 4.78 is 0. The van der Waals surface area contributed by atoms with Gasteiger partial charge in [-0.25, -0.2) is 4.79 Å². The number of aromatic carboxylic acids is 1. The van der Waals surface area contributed by atoms with Crippen LogP contribution >= 0.6 is 11.3 Å². The normalized spacial score (nSPS) is 12.3. The molecule has 0 aromatic carbocycles. The van der Waals surface area contributed by atoms with Crippen molar-refractivity contribution in [2.75, 3.05) is 6.54 Å². The van der Waals surface area contributed by atoms with Crippen molar-refractivity contribution in [2.45, 2.75) is 13.0 Å². The van der Waals surface area contributed by atoms with Gasteiger partial charge in [0.2, 0.25) is 0 Å². The molecule has 0 saturated heterocycles. The van der Waals surface area contributed by atoms with Gasteiger partial charge < -0.3 is 10.4 Å². The summed E-state index contributed by atoms with van der Waals surface area (Å²) in [5.74, 6) is -0.883. The number of carboxylic acids is 1. The smallest absolute Gasteiger partial charge is 0.346 e. The van der Waals surface area contributed by atoms with E-state index in [0.29, 0.717) is 4.88 Å². The largest absolute Gasteiger partial charge is 0.477 e. The molecule has 94 valence electrons. The highest BCUT2D eigenvalue weighted by molar-refractivity contribution is 7.12. The van der Waals surface area contributed by atoms with Gasteiger partial charge in [-0.3, -0.25) is 4.98 Å². The molecule has 4 nitrogen and oxygen atoms in total. The van der Waals surface area contributed by atoms with Crippen LogP contribution in [0.3, 0.4) is 0 Å². The molecule has 1 atom stereocenters. The summed E-state index contributed by atoms with van der Waals surface area (Å²) in [7, 11) is 0. The van der Waals surface area contributed by atoms with Crippen LogP contribution in [0.5, 0.6) is 0 Å². The molecule has 2 rings (SSSR count). The van der Waals surface area contributed by atoms with Gasteiger partial charge in [-0.2, -0.15) is 0 Å². The van der Waals surface area contributed by atoms with Crippen LogP contribution in [0.15, 0.2) is 36.0 Å². The molecule has 0 aliphatic rings. The van der Waals surface area contributed by atoms with Gasteiger partial charge in [-0.05, 0) is 35.2 Å². The Morgan fingerprint density at radius 1 is 1.56 bits per heavy atom. The minimum Gasteiger partial charge on any atom is -0.477 e. The molecular formula is C13H14N2O2S. The van der Waals surface area contributed by atoms with Crippen molar-refractivity contribution >= 4 is 17.3 Å². The summed E-state index contributed by atoms with van der Waals surface area (Å²) in [6, 6.07) is 5.53. The van der Waals surface area contributed by atoms with Gasteiger partial charge in [0, 0.05) is 12.4 Å². The van der Waals surface area contributed by atoms with E-state index in [0.717, 1.165) is 17.7 Å². The molecule has 0 radical (unpaired) electrons. The number of rotatable bonds is 5. The highest BCUT2D eigenvalue weighted by Gasteiger charge is 2.21. The maximum Gasteiger partial charge on any atom is 0.346 e. The minimum atomic E-state index is -0.883. The maximum absolute atomic E-state index is 11.2. The molecule has 0 spiro atoms. The Kier molecular flexibility index (Phi) is 4.07. The van der Waals surface area contributed by atoms with Crippen molar-refractivity contribution < 1.29 is 9.90 Å². The lowest BCUT2D eigenvalue weighted by atomic mass is 10.0. The summed E-state index contributed by atoms with van der Waals surface area (Å²) in [5, 5.41) is 14.3. The van der Waals surface area contributed by atoms with E-state index >= 15 is 0 Å². The predicted molar refractivity (Wildman–Crippen MR) is 71.0 cm³/mol.